The SMILES string of the molecule is NCC(F)(F)CNC(=O)Cc1cccc2ccccc12. The Bertz CT molecular complexity index is 608. The highest BCUT2D eigenvalue weighted by Gasteiger charge is 2.27. The summed E-state index contributed by atoms with van der Waals surface area (Å²) in [6.45, 7) is -1.51. The first-order valence-corrected chi connectivity index (χ1v) is 6.33. The van der Waals surface area contributed by atoms with E-state index in [1.807, 2.05) is 42.5 Å². The average molecular weight is 278 g/mol. The number of benzene rings is 2. The number of hydrogen-bond acceptors (Lipinski definition) is 2. The predicted molar refractivity (Wildman–Crippen MR) is 74.7 cm³/mol. The lowest BCUT2D eigenvalue weighted by Gasteiger charge is -2.14. The lowest BCUT2D eigenvalue weighted by atomic mass is 10.0. The zero-order valence-electron chi connectivity index (χ0n) is 10.9. The van der Waals surface area contributed by atoms with Crippen LogP contribution in [0.4, 0.5) is 8.78 Å². The van der Waals surface area contributed by atoms with Crippen LogP contribution in [0.15, 0.2) is 42.5 Å². The molecule has 0 aromatic heterocycles. The summed E-state index contributed by atoms with van der Waals surface area (Å²) in [5.74, 6) is -3.50. The van der Waals surface area contributed by atoms with E-state index in [1.165, 1.54) is 0 Å². The Labute approximate surface area is 115 Å². The smallest absolute Gasteiger partial charge is 0.277 e. The summed E-state index contributed by atoms with van der Waals surface area (Å²) in [5, 5.41) is 4.19. The van der Waals surface area contributed by atoms with Gasteiger partial charge >= 0.3 is 0 Å². The number of hydrogen-bond donors (Lipinski definition) is 2. The van der Waals surface area contributed by atoms with E-state index in [0.29, 0.717) is 0 Å². The van der Waals surface area contributed by atoms with Crippen LogP contribution < -0.4 is 11.1 Å². The van der Waals surface area contributed by atoms with E-state index in [1.54, 1.807) is 0 Å². The van der Waals surface area contributed by atoms with E-state index in [9.17, 15) is 13.6 Å². The summed E-state index contributed by atoms with van der Waals surface area (Å²) < 4.78 is 25.9. The monoisotopic (exact) mass is 278 g/mol. The van der Waals surface area contributed by atoms with E-state index < -0.39 is 24.9 Å². The van der Waals surface area contributed by atoms with Crippen LogP contribution in [0.3, 0.4) is 0 Å². The second-order valence-corrected chi connectivity index (χ2v) is 4.65. The molecule has 0 aliphatic rings. The minimum absolute atomic E-state index is 0.0714. The number of nitrogens with two attached hydrogens (primary N) is 1. The number of carbonyl (C=O) groups is 1. The Morgan fingerprint density at radius 2 is 1.85 bits per heavy atom. The molecule has 3 N–H and O–H groups in total. The van der Waals surface area contributed by atoms with Gasteiger partial charge in [0.25, 0.3) is 5.92 Å². The van der Waals surface area contributed by atoms with Crippen LogP contribution in [-0.2, 0) is 11.2 Å². The second kappa shape index (κ2) is 5.96. The molecule has 2 aromatic rings. The number of halogens is 2. The van der Waals surface area contributed by atoms with Crippen LogP contribution in [-0.4, -0.2) is 24.9 Å². The normalized spacial score (nSPS) is 11.6. The molecule has 0 aliphatic heterocycles. The highest BCUT2D eigenvalue weighted by atomic mass is 19.3. The molecule has 0 unspecified atom stereocenters. The average Bonchev–Trinajstić information content (AvgIpc) is 2.46. The summed E-state index contributed by atoms with van der Waals surface area (Å²) in [6, 6.07) is 13.3. The Morgan fingerprint density at radius 3 is 2.60 bits per heavy atom. The molecule has 0 spiro atoms. The van der Waals surface area contributed by atoms with Gasteiger partial charge in [-0.15, -0.1) is 0 Å². The quantitative estimate of drug-likeness (QED) is 0.880. The fourth-order valence-electron chi connectivity index (χ4n) is 1.98. The van der Waals surface area contributed by atoms with E-state index >= 15 is 0 Å². The van der Waals surface area contributed by atoms with Gasteiger partial charge in [0.15, 0.2) is 0 Å². The lowest BCUT2D eigenvalue weighted by Crippen LogP contribution is -2.42. The van der Waals surface area contributed by atoms with Gasteiger partial charge in [-0.1, -0.05) is 42.5 Å². The molecule has 2 rings (SSSR count). The van der Waals surface area contributed by atoms with Crippen molar-refractivity contribution in [1.29, 1.82) is 0 Å². The van der Waals surface area contributed by atoms with Gasteiger partial charge in [0.2, 0.25) is 5.91 Å². The third-order valence-corrected chi connectivity index (χ3v) is 3.07. The van der Waals surface area contributed by atoms with E-state index in [-0.39, 0.29) is 6.42 Å². The summed E-state index contributed by atoms with van der Waals surface area (Å²) in [7, 11) is 0. The number of alkyl halides is 2. The van der Waals surface area contributed by atoms with Crippen LogP contribution in [0.2, 0.25) is 0 Å². The van der Waals surface area contributed by atoms with Crippen molar-refractivity contribution in [2.45, 2.75) is 12.3 Å². The zero-order valence-corrected chi connectivity index (χ0v) is 10.9. The summed E-state index contributed by atoms with van der Waals surface area (Å²) >= 11 is 0. The van der Waals surface area contributed by atoms with Crippen LogP contribution in [0.1, 0.15) is 5.56 Å². The minimum atomic E-state index is -3.06. The molecule has 0 aliphatic carbocycles. The number of rotatable bonds is 5. The van der Waals surface area contributed by atoms with Gasteiger partial charge in [-0.3, -0.25) is 4.79 Å². The van der Waals surface area contributed by atoms with Crippen molar-refractivity contribution >= 4 is 16.7 Å². The molecule has 0 saturated carbocycles. The number of nitrogens with one attached hydrogen (secondary N) is 1. The van der Waals surface area contributed by atoms with E-state index in [2.05, 4.69) is 5.32 Å². The van der Waals surface area contributed by atoms with Gasteiger partial charge in [-0.05, 0) is 16.3 Å². The Morgan fingerprint density at radius 1 is 1.15 bits per heavy atom. The van der Waals surface area contributed by atoms with Crippen LogP contribution in [0.25, 0.3) is 10.8 Å². The van der Waals surface area contributed by atoms with E-state index in [0.717, 1.165) is 16.3 Å². The first kappa shape index (κ1) is 14.4. The number of carbonyl (C=O) groups excluding carboxylic acids is 1. The maximum atomic E-state index is 13.0. The Hall–Kier alpha value is -2.01. The van der Waals surface area contributed by atoms with Gasteiger partial charge in [0.05, 0.1) is 19.5 Å². The molecular weight excluding hydrogens is 262 g/mol. The molecule has 0 heterocycles. The van der Waals surface area contributed by atoms with Crippen molar-refractivity contribution in [3.63, 3.8) is 0 Å². The van der Waals surface area contributed by atoms with Gasteiger partial charge < -0.3 is 11.1 Å². The fourth-order valence-corrected chi connectivity index (χ4v) is 1.98. The molecule has 20 heavy (non-hydrogen) atoms. The molecule has 2 aromatic carbocycles. The third kappa shape index (κ3) is 3.51. The van der Waals surface area contributed by atoms with Crippen LogP contribution in [0.5, 0.6) is 0 Å². The molecule has 0 fully saturated rings. The molecule has 0 radical (unpaired) electrons. The molecule has 0 atom stereocenters. The third-order valence-electron chi connectivity index (χ3n) is 3.07. The summed E-state index contributed by atoms with van der Waals surface area (Å²) in [4.78, 5) is 11.7. The Balaban J connectivity index is 2.07. The zero-order chi connectivity index (χ0) is 14.6. The van der Waals surface area contributed by atoms with Gasteiger partial charge in [-0.2, -0.15) is 0 Å². The molecule has 3 nitrogen and oxygen atoms in total. The van der Waals surface area contributed by atoms with E-state index in [4.69, 9.17) is 5.73 Å². The highest BCUT2D eigenvalue weighted by molar-refractivity contribution is 5.90. The molecule has 5 heteroatoms. The molecule has 0 bridgehead atoms. The van der Waals surface area contributed by atoms with Crippen molar-refractivity contribution < 1.29 is 13.6 Å². The van der Waals surface area contributed by atoms with Crippen molar-refractivity contribution in [1.82, 2.24) is 5.32 Å². The second-order valence-electron chi connectivity index (χ2n) is 4.65. The van der Waals surface area contributed by atoms with Gasteiger partial charge in [0.1, 0.15) is 0 Å². The van der Waals surface area contributed by atoms with Crippen molar-refractivity contribution in [3.05, 3.63) is 48.0 Å². The van der Waals surface area contributed by atoms with Gasteiger partial charge in [-0.25, -0.2) is 8.78 Å². The predicted octanol–water partition coefficient (Wildman–Crippen LogP) is 2.09. The maximum absolute atomic E-state index is 13.0. The van der Waals surface area contributed by atoms with Crippen molar-refractivity contribution in [3.8, 4) is 0 Å². The summed E-state index contributed by atoms with van der Waals surface area (Å²) in [6.07, 6.45) is 0.0714. The minimum Gasteiger partial charge on any atom is -0.350 e. The first-order valence-electron chi connectivity index (χ1n) is 6.33. The van der Waals surface area contributed by atoms with Crippen molar-refractivity contribution in [2.75, 3.05) is 13.1 Å². The Kier molecular flexibility index (Phi) is 4.29. The molecular formula is C15H16F2N2O. The largest absolute Gasteiger partial charge is 0.350 e. The lowest BCUT2D eigenvalue weighted by molar-refractivity contribution is -0.122. The number of amides is 1. The fraction of sp³-hybridized carbons (Fsp3) is 0.267. The van der Waals surface area contributed by atoms with Crippen LogP contribution >= 0.6 is 0 Å². The first-order chi connectivity index (χ1) is 9.52. The highest BCUT2D eigenvalue weighted by Crippen LogP contribution is 2.19. The molecule has 106 valence electrons. The van der Waals surface area contributed by atoms with Gasteiger partial charge in [0, 0.05) is 0 Å². The van der Waals surface area contributed by atoms with Crippen LogP contribution in [0, 0.1) is 0 Å². The standard InChI is InChI=1S/C15H16F2N2O/c16-15(17,9-18)10-19-14(20)8-12-6-3-5-11-4-1-2-7-13(11)12/h1-7H,8-10,18H2,(H,19,20). The maximum Gasteiger partial charge on any atom is 0.277 e. The van der Waals surface area contributed by atoms with Crippen molar-refractivity contribution in [2.24, 2.45) is 5.73 Å². The molecule has 0 saturated heterocycles. The number of fused-ring (bicyclic) bond motifs is 1. The topological polar surface area (TPSA) is 55.1 Å². The molecule has 1 amide bonds. The summed E-state index contributed by atoms with van der Waals surface area (Å²) in [5.41, 5.74) is 5.73.